The number of ether oxygens (including phenoxy) is 1. The molecule has 0 aliphatic heterocycles. The van der Waals surface area contributed by atoms with Gasteiger partial charge in [0.15, 0.2) is 0 Å². The lowest BCUT2D eigenvalue weighted by Crippen LogP contribution is -2.13. The van der Waals surface area contributed by atoms with Crippen molar-refractivity contribution < 1.29 is 13.9 Å². The van der Waals surface area contributed by atoms with Gasteiger partial charge in [0, 0.05) is 15.7 Å². The molecule has 0 bridgehead atoms. The standard InChI is InChI=1S/C20H15BrFNO2/c21-15-11-10-14(18(22)12-15)13-25-19-9-5-4-8-17(19)20(24)23-16-6-2-1-3-7-16/h1-12H,13H2,(H,23,24). The Balaban J connectivity index is 1.75. The number of anilines is 1. The van der Waals surface area contributed by atoms with Gasteiger partial charge in [-0.15, -0.1) is 0 Å². The summed E-state index contributed by atoms with van der Waals surface area (Å²) in [6.45, 7) is 0.0365. The smallest absolute Gasteiger partial charge is 0.259 e. The lowest BCUT2D eigenvalue weighted by molar-refractivity contribution is 0.102. The number of carbonyl (C=O) groups is 1. The van der Waals surface area contributed by atoms with Gasteiger partial charge in [-0.05, 0) is 36.4 Å². The number of halogens is 2. The van der Waals surface area contributed by atoms with Gasteiger partial charge in [0.05, 0.1) is 5.56 Å². The summed E-state index contributed by atoms with van der Waals surface area (Å²) < 4.78 is 20.3. The fraction of sp³-hybridized carbons (Fsp3) is 0.0500. The monoisotopic (exact) mass is 399 g/mol. The topological polar surface area (TPSA) is 38.3 Å². The molecule has 0 aliphatic rings. The van der Waals surface area contributed by atoms with E-state index in [1.165, 1.54) is 6.07 Å². The number of hydrogen-bond acceptors (Lipinski definition) is 2. The normalized spacial score (nSPS) is 10.3. The second-order valence-corrected chi connectivity index (χ2v) is 6.26. The highest BCUT2D eigenvalue weighted by Crippen LogP contribution is 2.22. The van der Waals surface area contributed by atoms with Crippen molar-refractivity contribution in [3.63, 3.8) is 0 Å². The Hall–Kier alpha value is -2.66. The molecule has 0 aromatic heterocycles. The Labute approximate surface area is 153 Å². The van der Waals surface area contributed by atoms with E-state index in [-0.39, 0.29) is 18.3 Å². The maximum atomic E-state index is 13.9. The molecule has 5 heteroatoms. The SMILES string of the molecule is O=C(Nc1ccccc1)c1ccccc1OCc1ccc(Br)cc1F. The third kappa shape index (κ3) is 4.45. The maximum Gasteiger partial charge on any atom is 0.259 e. The summed E-state index contributed by atoms with van der Waals surface area (Å²) in [6.07, 6.45) is 0. The molecule has 0 aliphatic carbocycles. The molecule has 0 fully saturated rings. The number of benzene rings is 3. The minimum absolute atomic E-state index is 0.0365. The first-order chi connectivity index (χ1) is 12.1. The van der Waals surface area contributed by atoms with E-state index in [0.29, 0.717) is 27.0 Å². The second-order valence-electron chi connectivity index (χ2n) is 5.34. The molecule has 25 heavy (non-hydrogen) atoms. The van der Waals surface area contributed by atoms with Crippen LogP contribution in [-0.4, -0.2) is 5.91 Å². The average molecular weight is 400 g/mol. The van der Waals surface area contributed by atoms with E-state index in [9.17, 15) is 9.18 Å². The first kappa shape index (κ1) is 17.2. The van der Waals surface area contributed by atoms with Crippen LogP contribution < -0.4 is 10.1 Å². The molecule has 3 aromatic carbocycles. The molecule has 0 spiro atoms. The van der Waals surface area contributed by atoms with Crippen LogP contribution >= 0.6 is 15.9 Å². The van der Waals surface area contributed by atoms with Crippen LogP contribution in [0.25, 0.3) is 0 Å². The van der Waals surface area contributed by atoms with Gasteiger partial charge in [-0.2, -0.15) is 0 Å². The average Bonchev–Trinajstić information content (AvgIpc) is 2.62. The Kier molecular flexibility index (Phi) is 5.46. The minimum Gasteiger partial charge on any atom is -0.488 e. The number of carbonyl (C=O) groups excluding carboxylic acids is 1. The van der Waals surface area contributed by atoms with Gasteiger partial charge in [0.1, 0.15) is 18.2 Å². The molecule has 0 unspecified atom stereocenters. The highest BCUT2D eigenvalue weighted by atomic mass is 79.9. The molecule has 0 atom stereocenters. The molecule has 0 heterocycles. The quantitative estimate of drug-likeness (QED) is 0.621. The lowest BCUT2D eigenvalue weighted by Gasteiger charge is -2.12. The van der Waals surface area contributed by atoms with Crippen molar-refractivity contribution in [1.29, 1.82) is 0 Å². The van der Waals surface area contributed by atoms with Crippen LogP contribution in [0.15, 0.2) is 77.3 Å². The molecule has 126 valence electrons. The predicted molar refractivity (Wildman–Crippen MR) is 99.3 cm³/mol. The van der Waals surface area contributed by atoms with Gasteiger partial charge in [0.2, 0.25) is 0 Å². The molecule has 0 saturated heterocycles. The van der Waals surface area contributed by atoms with E-state index in [1.54, 1.807) is 48.5 Å². The van der Waals surface area contributed by atoms with E-state index < -0.39 is 0 Å². The molecule has 0 saturated carbocycles. The van der Waals surface area contributed by atoms with Crippen LogP contribution in [0.4, 0.5) is 10.1 Å². The van der Waals surface area contributed by atoms with Crippen LogP contribution in [0.5, 0.6) is 5.75 Å². The van der Waals surface area contributed by atoms with Crippen molar-refractivity contribution in [2.75, 3.05) is 5.32 Å². The fourth-order valence-corrected chi connectivity index (χ4v) is 2.63. The summed E-state index contributed by atoms with van der Waals surface area (Å²) in [5, 5.41) is 2.82. The first-order valence-corrected chi connectivity index (χ1v) is 8.45. The van der Waals surface area contributed by atoms with Gasteiger partial charge in [-0.25, -0.2) is 4.39 Å². The molecule has 0 radical (unpaired) electrons. The second kappa shape index (κ2) is 7.94. The van der Waals surface area contributed by atoms with Gasteiger partial charge >= 0.3 is 0 Å². The van der Waals surface area contributed by atoms with Crippen LogP contribution in [0.1, 0.15) is 15.9 Å². The van der Waals surface area contributed by atoms with Crippen molar-refractivity contribution in [1.82, 2.24) is 0 Å². The van der Waals surface area contributed by atoms with Crippen LogP contribution in [0, 0.1) is 5.82 Å². The van der Waals surface area contributed by atoms with Gasteiger partial charge in [-0.3, -0.25) is 4.79 Å². The van der Waals surface area contributed by atoms with E-state index in [0.717, 1.165) is 0 Å². The zero-order valence-electron chi connectivity index (χ0n) is 13.2. The van der Waals surface area contributed by atoms with Crippen LogP contribution in [0.3, 0.4) is 0 Å². The minimum atomic E-state index is -0.361. The molecule has 3 rings (SSSR count). The summed E-state index contributed by atoms with van der Waals surface area (Å²) in [5.41, 5.74) is 1.51. The zero-order chi connectivity index (χ0) is 17.6. The first-order valence-electron chi connectivity index (χ1n) is 7.65. The summed E-state index contributed by atoms with van der Waals surface area (Å²) in [6, 6.07) is 20.8. The van der Waals surface area contributed by atoms with E-state index in [1.807, 2.05) is 18.2 Å². The lowest BCUT2D eigenvalue weighted by atomic mass is 10.1. The molecule has 1 N–H and O–H groups in total. The van der Waals surface area contributed by atoms with E-state index in [4.69, 9.17) is 4.74 Å². The van der Waals surface area contributed by atoms with Crippen LogP contribution in [0.2, 0.25) is 0 Å². The van der Waals surface area contributed by atoms with Crippen molar-refractivity contribution in [3.8, 4) is 5.75 Å². The Morgan fingerprint density at radius 1 is 1.00 bits per heavy atom. The van der Waals surface area contributed by atoms with E-state index >= 15 is 0 Å². The van der Waals surface area contributed by atoms with Crippen molar-refractivity contribution in [3.05, 3.63) is 94.2 Å². The summed E-state index contributed by atoms with van der Waals surface area (Å²) in [7, 11) is 0. The number of amides is 1. The number of hydrogen-bond donors (Lipinski definition) is 1. The van der Waals surface area contributed by atoms with Crippen LogP contribution in [-0.2, 0) is 6.61 Å². The summed E-state index contributed by atoms with van der Waals surface area (Å²) in [4.78, 5) is 12.5. The fourth-order valence-electron chi connectivity index (χ4n) is 2.29. The Morgan fingerprint density at radius 3 is 2.48 bits per heavy atom. The van der Waals surface area contributed by atoms with E-state index in [2.05, 4.69) is 21.2 Å². The summed E-state index contributed by atoms with van der Waals surface area (Å²) >= 11 is 3.22. The number of rotatable bonds is 5. The third-order valence-corrected chi connectivity index (χ3v) is 4.05. The van der Waals surface area contributed by atoms with Gasteiger partial charge in [-0.1, -0.05) is 52.3 Å². The molecule has 1 amide bonds. The Bertz CT molecular complexity index is 884. The number of nitrogens with one attached hydrogen (secondary N) is 1. The third-order valence-electron chi connectivity index (χ3n) is 3.56. The maximum absolute atomic E-state index is 13.9. The van der Waals surface area contributed by atoms with Gasteiger partial charge < -0.3 is 10.1 Å². The predicted octanol–water partition coefficient (Wildman–Crippen LogP) is 5.42. The van der Waals surface area contributed by atoms with Crippen molar-refractivity contribution >= 4 is 27.5 Å². The largest absolute Gasteiger partial charge is 0.488 e. The Morgan fingerprint density at radius 2 is 1.72 bits per heavy atom. The van der Waals surface area contributed by atoms with Crippen molar-refractivity contribution in [2.45, 2.75) is 6.61 Å². The summed E-state index contributed by atoms with van der Waals surface area (Å²) in [5.74, 6) is -0.239. The molecular weight excluding hydrogens is 385 g/mol. The molecule has 3 aromatic rings. The zero-order valence-corrected chi connectivity index (χ0v) is 14.8. The van der Waals surface area contributed by atoms with Gasteiger partial charge in [0.25, 0.3) is 5.91 Å². The van der Waals surface area contributed by atoms with Crippen molar-refractivity contribution in [2.24, 2.45) is 0 Å². The highest BCUT2D eigenvalue weighted by molar-refractivity contribution is 9.10. The highest BCUT2D eigenvalue weighted by Gasteiger charge is 2.13. The molecule has 3 nitrogen and oxygen atoms in total. The molecular formula is C20H15BrFNO2. The number of para-hydroxylation sites is 2.